The minimum absolute atomic E-state index is 0.0176. The third-order valence-electron chi connectivity index (χ3n) is 2.97. The van der Waals surface area contributed by atoms with E-state index in [0.29, 0.717) is 31.6 Å². The van der Waals surface area contributed by atoms with E-state index in [9.17, 15) is 9.18 Å². The first-order chi connectivity index (χ1) is 9.55. The molecule has 1 aromatic rings. The van der Waals surface area contributed by atoms with Gasteiger partial charge in [0.2, 0.25) is 0 Å². The lowest BCUT2D eigenvalue weighted by Crippen LogP contribution is -2.21. The first-order valence-corrected chi connectivity index (χ1v) is 6.79. The van der Waals surface area contributed by atoms with Crippen LogP contribution in [0.3, 0.4) is 0 Å². The maximum Gasteiger partial charge on any atom is 0.305 e. The molecule has 0 amide bonds. The molecular weight excluding hydrogens is 261 g/mol. The highest BCUT2D eigenvalue weighted by molar-refractivity contribution is 5.69. The van der Waals surface area contributed by atoms with Crippen LogP contribution in [0.5, 0.6) is 5.75 Å². The predicted octanol–water partition coefficient (Wildman–Crippen LogP) is 2.44. The third kappa shape index (κ3) is 6.02. The molecule has 4 nitrogen and oxygen atoms in total. The molecule has 0 aliphatic rings. The number of carbonyl (C=O) groups excluding carboxylic acids is 1. The molecule has 0 heterocycles. The molecule has 0 radical (unpaired) electrons. The van der Waals surface area contributed by atoms with Gasteiger partial charge in [-0.3, -0.25) is 4.79 Å². The Balaban J connectivity index is 2.51. The summed E-state index contributed by atoms with van der Waals surface area (Å²) in [6.07, 6.45) is 2.28. The van der Waals surface area contributed by atoms with Gasteiger partial charge < -0.3 is 15.2 Å². The highest BCUT2D eigenvalue weighted by Gasteiger charge is 2.06. The smallest absolute Gasteiger partial charge is 0.305 e. The van der Waals surface area contributed by atoms with E-state index in [4.69, 9.17) is 10.5 Å². The molecule has 0 bridgehead atoms. The summed E-state index contributed by atoms with van der Waals surface area (Å²) in [6.45, 7) is 2.34. The molecule has 0 saturated heterocycles. The lowest BCUT2D eigenvalue weighted by molar-refractivity contribution is -0.140. The zero-order chi connectivity index (χ0) is 15.0. The zero-order valence-electron chi connectivity index (χ0n) is 12.0. The van der Waals surface area contributed by atoms with E-state index in [1.165, 1.54) is 19.2 Å². The van der Waals surface area contributed by atoms with Crippen molar-refractivity contribution < 1.29 is 18.7 Å². The minimum Gasteiger partial charge on any atom is -0.493 e. The van der Waals surface area contributed by atoms with Gasteiger partial charge in [-0.2, -0.15) is 0 Å². The summed E-state index contributed by atoms with van der Waals surface area (Å²) in [5.41, 5.74) is 6.68. The fraction of sp³-hybridized carbons (Fsp3) is 0.533. The summed E-state index contributed by atoms with van der Waals surface area (Å²) in [5.74, 6) is -0.149. The van der Waals surface area contributed by atoms with Crippen molar-refractivity contribution in [2.45, 2.75) is 38.6 Å². The molecule has 0 fully saturated rings. The summed E-state index contributed by atoms with van der Waals surface area (Å²) in [5, 5.41) is 0. The van der Waals surface area contributed by atoms with Crippen LogP contribution in [0.4, 0.5) is 4.39 Å². The second kappa shape index (κ2) is 8.53. The zero-order valence-corrected chi connectivity index (χ0v) is 12.0. The van der Waals surface area contributed by atoms with Gasteiger partial charge in [0.05, 0.1) is 13.7 Å². The number of ether oxygens (including phenoxy) is 2. The van der Waals surface area contributed by atoms with Crippen molar-refractivity contribution in [2.75, 3.05) is 13.7 Å². The van der Waals surface area contributed by atoms with Gasteiger partial charge in [0.25, 0.3) is 0 Å². The molecule has 20 heavy (non-hydrogen) atoms. The summed E-state index contributed by atoms with van der Waals surface area (Å²) >= 11 is 0. The van der Waals surface area contributed by atoms with Crippen LogP contribution in [0, 0.1) is 5.82 Å². The molecule has 0 aromatic heterocycles. The number of rotatable bonds is 8. The molecule has 0 saturated carbocycles. The lowest BCUT2D eigenvalue weighted by Gasteiger charge is -2.11. The number of methoxy groups -OCH3 is 1. The normalized spacial score (nSPS) is 12.0. The Labute approximate surface area is 119 Å². The van der Waals surface area contributed by atoms with Crippen LogP contribution in [0.25, 0.3) is 0 Å². The van der Waals surface area contributed by atoms with Crippen LogP contribution in [0.15, 0.2) is 18.2 Å². The van der Waals surface area contributed by atoms with Crippen LogP contribution >= 0.6 is 0 Å². The fourth-order valence-electron chi connectivity index (χ4n) is 1.78. The molecule has 5 heteroatoms. The number of esters is 1. The van der Waals surface area contributed by atoms with E-state index in [0.717, 1.165) is 12.0 Å². The number of carbonyl (C=O) groups is 1. The molecule has 112 valence electrons. The van der Waals surface area contributed by atoms with Crippen molar-refractivity contribution in [1.29, 1.82) is 0 Å². The van der Waals surface area contributed by atoms with Crippen molar-refractivity contribution in [3.8, 4) is 5.75 Å². The molecule has 1 unspecified atom stereocenters. The summed E-state index contributed by atoms with van der Waals surface area (Å²) in [6, 6.07) is 4.61. The van der Waals surface area contributed by atoms with E-state index in [1.807, 2.05) is 6.92 Å². The Kier molecular flexibility index (Phi) is 7.01. The SMILES string of the molecule is CCC(N)Cc1cc(F)cc(OCCCC(=O)OC)c1. The lowest BCUT2D eigenvalue weighted by atomic mass is 10.0. The maximum absolute atomic E-state index is 13.5. The van der Waals surface area contributed by atoms with Gasteiger partial charge in [0, 0.05) is 18.5 Å². The van der Waals surface area contributed by atoms with Crippen molar-refractivity contribution in [1.82, 2.24) is 0 Å². The minimum atomic E-state index is -0.339. The largest absolute Gasteiger partial charge is 0.493 e. The van der Waals surface area contributed by atoms with Gasteiger partial charge in [-0.25, -0.2) is 4.39 Å². The second-order valence-corrected chi connectivity index (χ2v) is 4.70. The highest BCUT2D eigenvalue weighted by atomic mass is 19.1. The third-order valence-corrected chi connectivity index (χ3v) is 2.97. The Morgan fingerprint density at radius 3 is 2.80 bits per heavy atom. The quantitative estimate of drug-likeness (QED) is 0.588. The van der Waals surface area contributed by atoms with Gasteiger partial charge in [-0.05, 0) is 37.0 Å². The number of benzene rings is 1. The molecule has 0 aliphatic carbocycles. The van der Waals surface area contributed by atoms with Gasteiger partial charge >= 0.3 is 5.97 Å². The maximum atomic E-state index is 13.5. The van der Waals surface area contributed by atoms with Crippen molar-refractivity contribution in [3.63, 3.8) is 0 Å². The topological polar surface area (TPSA) is 61.5 Å². The summed E-state index contributed by atoms with van der Waals surface area (Å²) in [7, 11) is 1.35. The molecule has 0 spiro atoms. The highest BCUT2D eigenvalue weighted by Crippen LogP contribution is 2.18. The van der Waals surface area contributed by atoms with Crippen molar-refractivity contribution in [3.05, 3.63) is 29.6 Å². The molecule has 2 N–H and O–H groups in total. The monoisotopic (exact) mass is 283 g/mol. The van der Waals surface area contributed by atoms with Crippen molar-refractivity contribution in [2.24, 2.45) is 5.73 Å². The first-order valence-electron chi connectivity index (χ1n) is 6.79. The van der Waals surface area contributed by atoms with Crippen molar-refractivity contribution >= 4 is 5.97 Å². The Bertz CT molecular complexity index is 437. The van der Waals surface area contributed by atoms with E-state index in [1.54, 1.807) is 6.07 Å². The number of nitrogens with two attached hydrogens (primary N) is 1. The Morgan fingerprint density at radius 2 is 2.15 bits per heavy atom. The second-order valence-electron chi connectivity index (χ2n) is 4.70. The van der Waals surface area contributed by atoms with Gasteiger partial charge in [-0.15, -0.1) is 0 Å². The fourth-order valence-corrected chi connectivity index (χ4v) is 1.78. The van der Waals surface area contributed by atoms with Crippen LogP contribution in [0.2, 0.25) is 0 Å². The Morgan fingerprint density at radius 1 is 1.40 bits per heavy atom. The average molecular weight is 283 g/mol. The summed E-state index contributed by atoms with van der Waals surface area (Å²) in [4.78, 5) is 10.9. The van der Waals surface area contributed by atoms with Gasteiger partial charge in [0.1, 0.15) is 11.6 Å². The first kappa shape index (κ1) is 16.4. The number of hydrogen-bond acceptors (Lipinski definition) is 4. The van der Waals surface area contributed by atoms with Gasteiger partial charge in [-0.1, -0.05) is 6.92 Å². The van der Waals surface area contributed by atoms with Crippen LogP contribution in [0.1, 0.15) is 31.7 Å². The number of halogens is 1. The van der Waals surface area contributed by atoms with Crippen LogP contribution in [-0.2, 0) is 16.0 Å². The van der Waals surface area contributed by atoms with Crippen LogP contribution in [-0.4, -0.2) is 25.7 Å². The predicted molar refractivity (Wildman–Crippen MR) is 75.1 cm³/mol. The molecule has 1 aromatic carbocycles. The summed E-state index contributed by atoms with van der Waals surface area (Å²) < 4.78 is 23.5. The molecule has 1 rings (SSSR count). The molecular formula is C15H22FNO3. The Hall–Kier alpha value is -1.62. The van der Waals surface area contributed by atoms with E-state index < -0.39 is 0 Å². The van der Waals surface area contributed by atoms with E-state index in [2.05, 4.69) is 4.74 Å². The average Bonchev–Trinajstić information content (AvgIpc) is 2.42. The standard InChI is InChI=1S/C15H22FNO3/c1-3-13(17)8-11-7-12(16)10-14(9-11)20-6-4-5-15(18)19-2/h7,9-10,13H,3-6,8,17H2,1-2H3. The molecule has 1 atom stereocenters. The molecule has 0 aliphatic heterocycles. The van der Waals surface area contributed by atoms with E-state index in [-0.39, 0.29) is 17.8 Å². The number of hydrogen-bond donors (Lipinski definition) is 1. The van der Waals surface area contributed by atoms with Crippen LogP contribution < -0.4 is 10.5 Å². The van der Waals surface area contributed by atoms with E-state index >= 15 is 0 Å². The van der Waals surface area contributed by atoms with Gasteiger partial charge in [0.15, 0.2) is 0 Å².